The van der Waals surface area contributed by atoms with Crippen LogP contribution in [0.3, 0.4) is 0 Å². The molecule has 7 heteroatoms. The number of aliphatic carboxylic acids is 1. The first-order valence-electron chi connectivity index (χ1n) is 6.62. The van der Waals surface area contributed by atoms with Gasteiger partial charge in [-0.2, -0.15) is 0 Å². The summed E-state index contributed by atoms with van der Waals surface area (Å²) in [4.78, 5) is 22.7. The Hall–Kier alpha value is -2.15. The molecule has 6 nitrogen and oxygen atoms in total. The fraction of sp³-hybridized carbons (Fsp3) is 0.429. The lowest BCUT2D eigenvalue weighted by Crippen LogP contribution is -2.29. The van der Waals surface area contributed by atoms with Crippen LogP contribution in [0.4, 0.5) is 10.1 Å². The third kappa shape index (κ3) is 3.69. The van der Waals surface area contributed by atoms with Gasteiger partial charge in [-0.3, -0.25) is 4.79 Å². The van der Waals surface area contributed by atoms with E-state index in [2.05, 4.69) is 5.32 Å². The molecule has 114 valence electrons. The van der Waals surface area contributed by atoms with Crippen molar-refractivity contribution in [1.29, 1.82) is 0 Å². The van der Waals surface area contributed by atoms with Crippen LogP contribution in [0.25, 0.3) is 0 Å². The number of carbonyl (C=O) groups excluding carboxylic acids is 1. The molecule has 0 aromatic heterocycles. The van der Waals surface area contributed by atoms with Crippen LogP contribution in [-0.4, -0.2) is 35.8 Å². The number of benzene rings is 1. The topological polar surface area (TPSA) is 84.9 Å². The lowest BCUT2D eigenvalue weighted by atomic mass is 10.2. The number of halogens is 1. The maximum atomic E-state index is 13.6. The van der Waals surface area contributed by atoms with Crippen LogP contribution < -0.4 is 10.1 Å². The van der Waals surface area contributed by atoms with Crippen molar-refractivity contribution in [3.05, 3.63) is 24.0 Å². The molecule has 1 fully saturated rings. The largest absolute Gasteiger partial charge is 0.491 e. The van der Waals surface area contributed by atoms with Crippen molar-refractivity contribution >= 4 is 17.6 Å². The molecule has 1 amide bonds. The molecular formula is C14H16FNO5. The first kappa shape index (κ1) is 15.2. The number of rotatable bonds is 5. The lowest BCUT2D eigenvalue weighted by Gasteiger charge is -2.12. The number of hydrogen-bond donors (Lipinski definition) is 2. The summed E-state index contributed by atoms with van der Waals surface area (Å²) in [6.45, 7) is 2.08. The molecule has 1 aliphatic heterocycles. The van der Waals surface area contributed by atoms with Crippen molar-refractivity contribution < 1.29 is 28.6 Å². The molecule has 0 spiro atoms. The Morgan fingerprint density at radius 2 is 2.14 bits per heavy atom. The van der Waals surface area contributed by atoms with Crippen molar-refractivity contribution in [2.45, 2.75) is 32.0 Å². The molecule has 1 aromatic carbocycles. The predicted molar refractivity (Wildman–Crippen MR) is 71.7 cm³/mol. The molecule has 1 saturated heterocycles. The first-order chi connectivity index (χ1) is 10.0. The van der Waals surface area contributed by atoms with E-state index in [1.54, 1.807) is 6.92 Å². The normalized spacial score (nSPS) is 21.0. The highest BCUT2D eigenvalue weighted by Crippen LogP contribution is 2.24. The number of carboxylic acids is 1. The standard InChI is InChI=1S/C14H16FNO5/c1-2-20-10-4-3-8(7-9(10)15)16-13(17)11-5-6-12(21-11)14(18)19/h3-4,7,11-12H,2,5-6H2,1H3,(H,16,17)(H,18,19). The second-order valence-electron chi connectivity index (χ2n) is 4.60. The highest BCUT2D eigenvalue weighted by Gasteiger charge is 2.34. The van der Waals surface area contributed by atoms with E-state index in [-0.39, 0.29) is 17.9 Å². The molecule has 0 bridgehead atoms. The molecule has 0 saturated carbocycles. The Bertz CT molecular complexity index is 548. The van der Waals surface area contributed by atoms with E-state index in [0.29, 0.717) is 13.0 Å². The second kappa shape index (κ2) is 6.53. The molecule has 1 aliphatic rings. The summed E-state index contributed by atoms with van der Waals surface area (Å²) >= 11 is 0. The third-order valence-corrected chi connectivity index (χ3v) is 3.09. The summed E-state index contributed by atoms with van der Waals surface area (Å²) in [7, 11) is 0. The van der Waals surface area contributed by atoms with Gasteiger partial charge in [-0.05, 0) is 31.9 Å². The average molecular weight is 297 g/mol. The number of carbonyl (C=O) groups is 2. The predicted octanol–water partition coefficient (Wildman–Crippen LogP) is 1.80. The van der Waals surface area contributed by atoms with E-state index in [1.807, 2.05) is 0 Å². The van der Waals surface area contributed by atoms with E-state index >= 15 is 0 Å². The molecule has 2 unspecified atom stereocenters. The highest BCUT2D eigenvalue weighted by atomic mass is 19.1. The molecule has 2 N–H and O–H groups in total. The number of carboxylic acid groups (broad SMARTS) is 1. The smallest absolute Gasteiger partial charge is 0.332 e. The molecule has 1 aromatic rings. The third-order valence-electron chi connectivity index (χ3n) is 3.09. The average Bonchev–Trinajstić information content (AvgIpc) is 2.92. The lowest BCUT2D eigenvalue weighted by molar-refractivity contribution is -0.150. The van der Waals surface area contributed by atoms with Gasteiger partial charge in [0, 0.05) is 11.8 Å². The van der Waals surface area contributed by atoms with Crippen LogP contribution in [0, 0.1) is 5.82 Å². The summed E-state index contributed by atoms with van der Waals surface area (Å²) < 4.78 is 23.8. The van der Waals surface area contributed by atoms with E-state index in [9.17, 15) is 14.0 Å². The van der Waals surface area contributed by atoms with E-state index in [0.717, 1.165) is 6.07 Å². The zero-order valence-corrected chi connectivity index (χ0v) is 11.5. The quantitative estimate of drug-likeness (QED) is 0.865. The first-order valence-corrected chi connectivity index (χ1v) is 6.62. The monoisotopic (exact) mass is 297 g/mol. The van der Waals surface area contributed by atoms with Crippen LogP contribution in [0.2, 0.25) is 0 Å². The molecule has 0 radical (unpaired) electrons. The maximum absolute atomic E-state index is 13.6. The van der Waals surface area contributed by atoms with E-state index in [1.165, 1.54) is 12.1 Å². The zero-order valence-electron chi connectivity index (χ0n) is 11.5. The Balaban J connectivity index is 1.97. The Kier molecular flexibility index (Phi) is 4.74. The van der Waals surface area contributed by atoms with Gasteiger partial charge >= 0.3 is 5.97 Å². The van der Waals surface area contributed by atoms with Gasteiger partial charge in [0.2, 0.25) is 0 Å². The molecular weight excluding hydrogens is 281 g/mol. The van der Waals surface area contributed by atoms with Gasteiger partial charge in [-0.15, -0.1) is 0 Å². The van der Waals surface area contributed by atoms with Crippen molar-refractivity contribution in [3.63, 3.8) is 0 Å². The van der Waals surface area contributed by atoms with Gasteiger partial charge in [0.05, 0.1) is 6.61 Å². The van der Waals surface area contributed by atoms with Gasteiger partial charge < -0.3 is 19.9 Å². The molecule has 0 aliphatic carbocycles. The summed E-state index contributed by atoms with van der Waals surface area (Å²) in [6.07, 6.45) is -1.19. The van der Waals surface area contributed by atoms with Crippen molar-refractivity contribution in [2.24, 2.45) is 0 Å². The fourth-order valence-corrected chi connectivity index (χ4v) is 2.09. The summed E-state index contributed by atoms with van der Waals surface area (Å²) in [5.41, 5.74) is 0.267. The van der Waals surface area contributed by atoms with Gasteiger partial charge in [0.15, 0.2) is 17.7 Å². The van der Waals surface area contributed by atoms with Crippen molar-refractivity contribution in [3.8, 4) is 5.75 Å². The van der Waals surface area contributed by atoms with Crippen LogP contribution in [0.15, 0.2) is 18.2 Å². The molecule has 2 rings (SSSR count). The zero-order chi connectivity index (χ0) is 15.4. The van der Waals surface area contributed by atoms with Crippen LogP contribution >= 0.6 is 0 Å². The van der Waals surface area contributed by atoms with Crippen molar-refractivity contribution in [1.82, 2.24) is 0 Å². The number of ether oxygens (including phenoxy) is 2. The minimum atomic E-state index is -1.09. The van der Waals surface area contributed by atoms with E-state index in [4.69, 9.17) is 14.6 Å². The second-order valence-corrected chi connectivity index (χ2v) is 4.60. The SMILES string of the molecule is CCOc1ccc(NC(=O)C2CCC(C(=O)O)O2)cc1F. The highest BCUT2D eigenvalue weighted by molar-refractivity contribution is 5.94. The summed E-state index contributed by atoms with van der Waals surface area (Å²) in [5, 5.41) is 11.3. The molecule has 21 heavy (non-hydrogen) atoms. The van der Waals surface area contributed by atoms with Gasteiger partial charge in [-0.1, -0.05) is 0 Å². The number of amides is 1. The Labute approximate surface area is 120 Å². The Morgan fingerprint density at radius 1 is 1.43 bits per heavy atom. The summed E-state index contributed by atoms with van der Waals surface area (Å²) in [5.74, 6) is -2.04. The van der Waals surface area contributed by atoms with Gasteiger partial charge in [0.1, 0.15) is 6.10 Å². The molecule has 1 heterocycles. The van der Waals surface area contributed by atoms with Crippen LogP contribution in [0.1, 0.15) is 19.8 Å². The van der Waals surface area contributed by atoms with Gasteiger partial charge in [0.25, 0.3) is 5.91 Å². The number of hydrogen-bond acceptors (Lipinski definition) is 4. The minimum Gasteiger partial charge on any atom is -0.491 e. The summed E-state index contributed by atoms with van der Waals surface area (Å²) in [6, 6.07) is 4.08. The van der Waals surface area contributed by atoms with E-state index < -0.39 is 29.9 Å². The van der Waals surface area contributed by atoms with Crippen LogP contribution in [-0.2, 0) is 14.3 Å². The van der Waals surface area contributed by atoms with Crippen molar-refractivity contribution in [2.75, 3.05) is 11.9 Å². The molecule has 2 atom stereocenters. The number of anilines is 1. The minimum absolute atomic E-state index is 0.110. The van der Waals surface area contributed by atoms with Crippen LogP contribution in [0.5, 0.6) is 5.75 Å². The fourth-order valence-electron chi connectivity index (χ4n) is 2.09. The Morgan fingerprint density at radius 3 is 2.71 bits per heavy atom. The number of nitrogens with one attached hydrogen (secondary N) is 1. The van der Waals surface area contributed by atoms with Gasteiger partial charge in [-0.25, -0.2) is 9.18 Å². The maximum Gasteiger partial charge on any atom is 0.332 e.